The number of phenolic OH excluding ortho intramolecular Hbond substituents is 1. The first-order valence-corrected chi connectivity index (χ1v) is 5.65. The van der Waals surface area contributed by atoms with Crippen LogP contribution >= 0.6 is 11.6 Å². The topological polar surface area (TPSA) is 35.5 Å². The Morgan fingerprint density at radius 2 is 2.06 bits per heavy atom. The SMILES string of the molecule is Oc1ccc(Cl)c(F)c1CN1CCNCC1. The summed E-state index contributed by atoms with van der Waals surface area (Å²) in [6, 6.07) is 2.80. The molecule has 0 bridgehead atoms. The molecule has 0 aliphatic carbocycles. The van der Waals surface area contributed by atoms with E-state index in [-0.39, 0.29) is 16.3 Å². The Balaban J connectivity index is 2.16. The van der Waals surface area contributed by atoms with Gasteiger partial charge in [-0.3, -0.25) is 4.90 Å². The fraction of sp³-hybridized carbons (Fsp3) is 0.455. The molecule has 0 spiro atoms. The van der Waals surface area contributed by atoms with Gasteiger partial charge in [-0.05, 0) is 12.1 Å². The zero-order valence-electron chi connectivity index (χ0n) is 8.84. The van der Waals surface area contributed by atoms with Crippen LogP contribution in [0.4, 0.5) is 4.39 Å². The maximum Gasteiger partial charge on any atom is 0.149 e. The van der Waals surface area contributed by atoms with Gasteiger partial charge in [0.15, 0.2) is 0 Å². The molecule has 0 amide bonds. The van der Waals surface area contributed by atoms with Gasteiger partial charge in [0, 0.05) is 38.3 Å². The predicted molar refractivity (Wildman–Crippen MR) is 61.2 cm³/mol. The number of nitrogens with zero attached hydrogens (tertiary/aromatic N) is 1. The minimum atomic E-state index is -0.514. The van der Waals surface area contributed by atoms with Crippen molar-refractivity contribution in [1.29, 1.82) is 0 Å². The van der Waals surface area contributed by atoms with Gasteiger partial charge in [0.2, 0.25) is 0 Å². The van der Waals surface area contributed by atoms with Crippen LogP contribution in [0.5, 0.6) is 5.75 Å². The van der Waals surface area contributed by atoms with E-state index in [1.807, 2.05) is 0 Å². The molecule has 0 aromatic heterocycles. The molecular formula is C11H14ClFN2O. The van der Waals surface area contributed by atoms with Crippen LogP contribution < -0.4 is 5.32 Å². The highest BCUT2D eigenvalue weighted by atomic mass is 35.5. The molecule has 1 aliphatic rings. The van der Waals surface area contributed by atoms with Crippen LogP contribution in [0.25, 0.3) is 0 Å². The molecule has 0 atom stereocenters. The summed E-state index contributed by atoms with van der Waals surface area (Å²) in [4.78, 5) is 2.09. The van der Waals surface area contributed by atoms with E-state index >= 15 is 0 Å². The van der Waals surface area contributed by atoms with Crippen LogP contribution in [-0.2, 0) is 6.54 Å². The second-order valence-electron chi connectivity index (χ2n) is 3.89. The van der Waals surface area contributed by atoms with Crippen molar-refractivity contribution in [1.82, 2.24) is 10.2 Å². The smallest absolute Gasteiger partial charge is 0.149 e. The number of hydrogen-bond acceptors (Lipinski definition) is 3. The molecule has 2 N–H and O–H groups in total. The van der Waals surface area contributed by atoms with E-state index in [4.69, 9.17) is 11.6 Å². The first-order valence-electron chi connectivity index (χ1n) is 5.27. The Kier molecular flexibility index (Phi) is 3.63. The highest BCUT2D eigenvalue weighted by Gasteiger charge is 2.17. The summed E-state index contributed by atoms with van der Waals surface area (Å²) in [6.07, 6.45) is 0. The highest BCUT2D eigenvalue weighted by molar-refractivity contribution is 6.30. The Morgan fingerprint density at radius 1 is 1.38 bits per heavy atom. The number of halogens is 2. The van der Waals surface area contributed by atoms with Crippen molar-refractivity contribution in [3.63, 3.8) is 0 Å². The minimum Gasteiger partial charge on any atom is -0.508 e. The molecule has 0 unspecified atom stereocenters. The second kappa shape index (κ2) is 4.99. The van der Waals surface area contributed by atoms with Gasteiger partial charge < -0.3 is 10.4 Å². The monoisotopic (exact) mass is 244 g/mol. The first kappa shape index (κ1) is 11.6. The third kappa shape index (κ3) is 2.45. The van der Waals surface area contributed by atoms with E-state index in [2.05, 4.69) is 10.2 Å². The van der Waals surface area contributed by atoms with E-state index in [0.717, 1.165) is 26.2 Å². The largest absolute Gasteiger partial charge is 0.508 e. The van der Waals surface area contributed by atoms with Gasteiger partial charge in [-0.1, -0.05) is 11.6 Å². The normalized spacial score (nSPS) is 17.6. The molecule has 0 radical (unpaired) electrons. The quantitative estimate of drug-likeness (QED) is 0.830. The molecule has 1 heterocycles. The van der Waals surface area contributed by atoms with Crippen LogP contribution in [0, 0.1) is 5.82 Å². The van der Waals surface area contributed by atoms with Gasteiger partial charge >= 0.3 is 0 Å². The number of rotatable bonds is 2. The van der Waals surface area contributed by atoms with Crippen molar-refractivity contribution < 1.29 is 9.50 Å². The van der Waals surface area contributed by atoms with Gasteiger partial charge in [-0.25, -0.2) is 4.39 Å². The summed E-state index contributed by atoms with van der Waals surface area (Å²) in [7, 11) is 0. The summed E-state index contributed by atoms with van der Waals surface area (Å²) in [5.41, 5.74) is 0.286. The summed E-state index contributed by atoms with van der Waals surface area (Å²) in [5, 5.41) is 12.9. The first-order chi connectivity index (χ1) is 7.68. The predicted octanol–water partition coefficient (Wildman–Crippen LogP) is 1.59. The summed E-state index contributed by atoms with van der Waals surface area (Å²) in [6.45, 7) is 3.89. The third-order valence-electron chi connectivity index (χ3n) is 2.76. The summed E-state index contributed by atoms with van der Waals surface area (Å²) in [5.74, 6) is -0.541. The highest BCUT2D eigenvalue weighted by Crippen LogP contribution is 2.27. The zero-order chi connectivity index (χ0) is 11.5. The van der Waals surface area contributed by atoms with Crippen LogP contribution in [0.1, 0.15) is 5.56 Å². The van der Waals surface area contributed by atoms with E-state index in [1.165, 1.54) is 12.1 Å². The number of phenols is 1. The van der Waals surface area contributed by atoms with Crippen molar-refractivity contribution in [2.45, 2.75) is 6.54 Å². The molecule has 1 aliphatic heterocycles. The van der Waals surface area contributed by atoms with Crippen molar-refractivity contribution in [2.24, 2.45) is 0 Å². The number of nitrogens with one attached hydrogen (secondary N) is 1. The average molecular weight is 245 g/mol. The molecular weight excluding hydrogens is 231 g/mol. The summed E-state index contributed by atoms with van der Waals surface area (Å²) < 4.78 is 13.7. The molecule has 1 fully saturated rings. The standard InChI is InChI=1S/C11H14ClFN2O/c12-9-1-2-10(16)8(11(9)13)7-15-5-3-14-4-6-15/h1-2,14,16H,3-7H2. The molecule has 5 heteroatoms. The fourth-order valence-electron chi connectivity index (χ4n) is 1.83. The molecule has 1 aromatic rings. The maximum absolute atomic E-state index is 13.7. The Morgan fingerprint density at radius 3 is 2.75 bits per heavy atom. The number of benzene rings is 1. The lowest BCUT2D eigenvalue weighted by Gasteiger charge is -2.27. The van der Waals surface area contributed by atoms with Crippen molar-refractivity contribution in [3.05, 3.63) is 28.5 Å². The van der Waals surface area contributed by atoms with Gasteiger partial charge in [0.05, 0.1) is 5.02 Å². The number of hydrogen-bond donors (Lipinski definition) is 2. The van der Waals surface area contributed by atoms with Crippen LogP contribution in [0.2, 0.25) is 5.02 Å². The van der Waals surface area contributed by atoms with Crippen LogP contribution in [0.15, 0.2) is 12.1 Å². The molecule has 1 saturated heterocycles. The van der Waals surface area contributed by atoms with E-state index in [9.17, 15) is 9.50 Å². The molecule has 16 heavy (non-hydrogen) atoms. The summed E-state index contributed by atoms with van der Waals surface area (Å²) >= 11 is 5.69. The van der Waals surface area contributed by atoms with Crippen molar-refractivity contribution in [3.8, 4) is 5.75 Å². The average Bonchev–Trinajstić information content (AvgIpc) is 2.31. The fourth-order valence-corrected chi connectivity index (χ4v) is 2.00. The minimum absolute atomic E-state index is 0.0274. The Hall–Kier alpha value is -0.840. The number of aromatic hydroxyl groups is 1. The van der Waals surface area contributed by atoms with Gasteiger partial charge in [-0.15, -0.1) is 0 Å². The number of piperazine rings is 1. The van der Waals surface area contributed by atoms with Crippen LogP contribution in [-0.4, -0.2) is 36.2 Å². The van der Waals surface area contributed by atoms with Crippen molar-refractivity contribution in [2.75, 3.05) is 26.2 Å². The molecule has 2 rings (SSSR count). The molecule has 0 saturated carbocycles. The lowest BCUT2D eigenvalue weighted by molar-refractivity contribution is 0.227. The van der Waals surface area contributed by atoms with E-state index < -0.39 is 5.82 Å². The lowest BCUT2D eigenvalue weighted by atomic mass is 10.1. The third-order valence-corrected chi connectivity index (χ3v) is 3.05. The lowest BCUT2D eigenvalue weighted by Crippen LogP contribution is -2.43. The van der Waals surface area contributed by atoms with E-state index in [0.29, 0.717) is 6.54 Å². The van der Waals surface area contributed by atoms with Crippen LogP contribution in [0.3, 0.4) is 0 Å². The van der Waals surface area contributed by atoms with Gasteiger partial charge in [0.1, 0.15) is 11.6 Å². The van der Waals surface area contributed by atoms with Crippen molar-refractivity contribution >= 4 is 11.6 Å². The Labute approximate surface area is 98.8 Å². The van der Waals surface area contributed by atoms with Gasteiger partial charge in [-0.2, -0.15) is 0 Å². The molecule has 3 nitrogen and oxygen atoms in total. The maximum atomic E-state index is 13.7. The molecule has 88 valence electrons. The zero-order valence-corrected chi connectivity index (χ0v) is 9.60. The Bertz CT molecular complexity index is 380. The van der Waals surface area contributed by atoms with Gasteiger partial charge in [0.25, 0.3) is 0 Å². The second-order valence-corrected chi connectivity index (χ2v) is 4.29. The van der Waals surface area contributed by atoms with E-state index in [1.54, 1.807) is 0 Å². The molecule has 1 aromatic carbocycles.